The van der Waals surface area contributed by atoms with Crippen molar-refractivity contribution in [3.05, 3.63) is 212 Å². The third-order valence-corrected chi connectivity index (χ3v) is 2.43. The zero-order chi connectivity index (χ0) is 39.7. The van der Waals surface area contributed by atoms with E-state index < -0.39 is 0 Å². The molecule has 0 atom stereocenters. The van der Waals surface area contributed by atoms with Gasteiger partial charge in [0.2, 0.25) is 0 Å². The molecule has 0 bridgehead atoms. The summed E-state index contributed by atoms with van der Waals surface area (Å²) in [4.78, 5) is 0. The fraction of sp³-hybridized carbons (Fsp3) is 0.0286. The smallest absolute Gasteiger partial charge is 1.00 e. The zero-order valence-corrected chi connectivity index (χ0v) is 42.6. The quantitative estimate of drug-likeness (QED) is 0.101. The monoisotopic (exact) mass is 1560 g/mol. The molecule has 0 N–H and O–H groups in total. The van der Waals surface area contributed by atoms with Crippen molar-refractivity contribution in [2.45, 2.75) is 0 Å². The van der Waals surface area contributed by atoms with Gasteiger partial charge >= 0.3 is 172 Å². The molecule has 8 radical (unpaired) electrons. The summed E-state index contributed by atoms with van der Waals surface area (Å²) in [5.41, 5.74) is 0. The van der Waals surface area contributed by atoms with Crippen LogP contribution in [0.2, 0.25) is 0 Å². The van der Waals surface area contributed by atoms with Crippen LogP contribution in [0.25, 0.3) is 0 Å². The molecular weight excluding hydrogens is 1540 g/mol. The van der Waals surface area contributed by atoms with Crippen molar-refractivity contribution >= 4 is 72.1 Å². The first-order valence-corrected chi connectivity index (χ1v) is 11.3. The Balaban J connectivity index is -0.0000000165. The van der Waals surface area contributed by atoms with E-state index in [1.165, 1.54) is 0 Å². The van der Waals surface area contributed by atoms with Crippen LogP contribution in [0, 0.1) is 90.8 Å². The Kier molecular flexibility index (Phi) is 509. The van der Waals surface area contributed by atoms with Crippen LogP contribution in [-0.2, 0) is 106 Å². The van der Waals surface area contributed by atoms with Crippen molar-refractivity contribution in [2.24, 2.45) is 0 Å². The molecule has 54 heavy (non-hydrogen) atoms. The van der Waals surface area contributed by atoms with E-state index in [9.17, 15) is 0 Å². The normalized spacial score (nSPS) is 4.26. The van der Waals surface area contributed by atoms with Crippen LogP contribution in [0.5, 0.6) is 0 Å². The van der Waals surface area contributed by atoms with Crippen LogP contribution in [0.4, 0.5) is 0 Å². The molecule has 0 aliphatic rings. The number of benzene rings is 4. The first kappa shape index (κ1) is 117. The first-order valence-electron chi connectivity index (χ1n) is 10.2. The fourth-order valence-electron chi connectivity index (χ4n) is 1.37. The second kappa shape index (κ2) is 235. The summed E-state index contributed by atoms with van der Waals surface area (Å²) < 4.78 is 75.0. The molecule has 0 aromatic heterocycles. The Labute approximate surface area is 415 Å². The Morgan fingerprint density at radius 1 is 0.296 bits per heavy atom. The molecule has 10 nitrogen and oxygen atoms in total. The van der Waals surface area contributed by atoms with Crippen LogP contribution in [0.1, 0.15) is 0 Å². The number of rotatable bonds is 0. The van der Waals surface area contributed by atoms with Crippen molar-refractivity contribution in [3.63, 3.8) is 0 Å². The summed E-state index contributed by atoms with van der Waals surface area (Å²) in [6.45, 7) is 45.0. The molecule has 4 aromatic carbocycles. The molecule has 0 aliphatic heterocycles. The van der Waals surface area contributed by atoms with Crippen molar-refractivity contribution in [3.8, 4) is 0 Å². The third kappa shape index (κ3) is 241. The van der Waals surface area contributed by atoms with Gasteiger partial charge in [0.15, 0.2) is 0 Å². The van der Waals surface area contributed by atoms with Gasteiger partial charge in [0, 0.05) is 48.9 Å². The Morgan fingerprint density at radius 2 is 0.370 bits per heavy atom. The molecule has 4 rings (SSSR count). The number of halogens is 4. The number of hydrogen-bond acceptors (Lipinski definition) is 0. The Bertz CT molecular complexity index is 829. The van der Waals surface area contributed by atoms with Crippen LogP contribution >= 0.6 is 23.2 Å². The summed E-state index contributed by atoms with van der Waals surface area (Å²) in [5.74, 6) is 0. The predicted octanol–water partition coefficient (Wildman–Crippen LogP) is 0.232. The minimum Gasteiger partial charge on any atom is -1.00 e. The van der Waals surface area contributed by atoms with Crippen LogP contribution in [0.15, 0.2) is 121 Å². The zero-order valence-electron chi connectivity index (χ0n) is 26.8. The maximum atomic E-state index is 7.50. The maximum Gasteiger partial charge on any atom is 2.00 e. The first-order chi connectivity index (χ1) is 23.4. The van der Waals surface area contributed by atoms with Crippen molar-refractivity contribution < 1.29 is 131 Å². The van der Waals surface area contributed by atoms with E-state index in [1.54, 1.807) is 0 Å². The molecule has 286 valence electrons. The molecule has 0 unspecified atom stereocenters. The summed E-state index contributed by atoms with van der Waals surface area (Å²) in [6, 6.07) is 50.0. The molecular formula is C35H22Cl4O10Os3Sb2-2. The van der Waals surface area contributed by atoms with Gasteiger partial charge in [-0.25, -0.2) is 0 Å². The standard InChI is InChI=1S/4C6H5.CH2Cl2.10CO.2ClH.3Os.2Sb/c4*1-2-4-6-5-3-1;2-1-3;10*1-2;;;;;;;/h4*1-5H;1H2;;;;;;;;;;;2*1H;;;;;/q4*-1;;;;;;;;;;;;;;2*+1;+2;;/p-2. The van der Waals surface area contributed by atoms with Gasteiger partial charge in [0.1, 0.15) is 0 Å². The molecule has 0 aliphatic carbocycles. The largest absolute Gasteiger partial charge is 2.00 e. The minimum atomic E-state index is 0. The Hall–Kier alpha value is -1.01. The van der Waals surface area contributed by atoms with Gasteiger partial charge in [0.05, 0.1) is 5.34 Å². The average molecular weight is 1560 g/mol. The van der Waals surface area contributed by atoms with Gasteiger partial charge in [-0.1, -0.05) is 0 Å². The molecule has 0 fully saturated rings. The van der Waals surface area contributed by atoms with E-state index >= 15 is 0 Å². The van der Waals surface area contributed by atoms with Gasteiger partial charge in [0.25, 0.3) is 0 Å². The number of alkyl halides is 2. The summed E-state index contributed by atoms with van der Waals surface area (Å²) in [6.07, 6.45) is 0. The van der Waals surface area contributed by atoms with E-state index in [0.717, 1.165) is 0 Å². The van der Waals surface area contributed by atoms with Gasteiger partial charge < -0.3 is 24.8 Å². The van der Waals surface area contributed by atoms with Crippen molar-refractivity contribution in [2.75, 3.05) is 5.34 Å². The second-order valence-electron chi connectivity index (χ2n) is 4.41. The van der Waals surface area contributed by atoms with Crippen LogP contribution in [-0.4, -0.2) is 54.2 Å². The molecule has 0 amide bonds. The molecule has 19 heteroatoms. The molecule has 0 spiro atoms. The van der Waals surface area contributed by atoms with E-state index in [-0.39, 0.29) is 138 Å². The summed E-state index contributed by atoms with van der Waals surface area (Å²) in [7, 11) is 0. The second-order valence-corrected chi connectivity index (χ2v) is 5.22. The van der Waals surface area contributed by atoms with Crippen LogP contribution < -0.4 is 24.8 Å². The molecule has 0 saturated heterocycles. The number of hydrogen-bond donors (Lipinski definition) is 0. The van der Waals surface area contributed by atoms with E-state index in [1.807, 2.05) is 121 Å². The predicted molar refractivity (Wildman–Crippen MR) is 168 cm³/mol. The van der Waals surface area contributed by atoms with Gasteiger partial charge in [-0.05, 0) is 0 Å². The van der Waals surface area contributed by atoms with Gasteiger partial charge in [-0.2, -0.15) is 146 Å². The molecule has 4 aromatic rings. The molecule has 0 heterocycles. The summed E-state index contributed by atoms with van der Waals surface area (Å²) in [5, 5.41) is 0.194. The van der Waals surface area contributed by atoms with Crippen molar-refractivity contribution in [1.82, 2.24) is 0 Å². The van der Waals surface area contributed by atoms with Gasteiger partial charge in [-0.15, -0.1) is 23.2 Å². The van der Waals surface area contributed by atoms with E-state index in [4.69, 9.17) is 69.7 Å². The average Bonchev–Trinajstić information content (AvgIpc) is 3.26. The molecule has 0 saturated carbocycles. The van der Waals surface area contributed by atoms with E-state index in [2.05, 4.69) is 90.8 Å². The topological polar surface area (TPSA) is 199 Å². The van der Waals surface area contributed by atoms with Gasteiger partial charge in [-0.3, -0.25) is 0 Å². The third-order valence-electron chi connectivity index (χ3n) is 2.43. The van der Waals surface area contributed by atoms with E-state index in [0.29, 0.717) is 0 Å². The maximum absolute atomic E-state index is 7.50. The summed E-state index contributed by atoms with van der Waals surface area (Å²) >= 11 is 9.53. The SMILES string of the molecule is ClCCl.[C-]#[O+].[C-]#[O+].[C-]#[O+].[C-]#[O+].[C-]#[O+].[C-]#[O+].[C-]#[O+].[C-]#[O+].[C-]#[O+].[C-]#[O+].[Cl-].[Cl-].[Os+2].[Os+].[Os+].[Sb].[Sb].[c-]1ccccc1.[c-]1ccccc1.[c-]1ccccc1.[c-]1ccccc1. The Morgan fingerprint density at radius 3 is 0.389 bits per heavy atom. The minimum absolute atomic E-state index is 0. The fourth-order valence-corrected chi connectivity index (χ4v) is 1.37. The van der Waals surface area contributed by atoms with Crippen LogP contribution in [0.3, 0.4) is 0 Å². The van der Waals surface area contributed by atoms with Crippen molar-refractivity contribution in [1.29, 1.82) is 0 Å².